The van der Waals surface area contributed by atoms with Gasteiger partial charge in [0.15, 0.2) is 17.2 Å². The molecule has 0 bridgehead atoms. The van der Waals surface area contributed by atoms with Gasteiger partial charge in [0.1, 0.15) is 10.2 Å². The first-order valence-corrected chi connectivity index (χ1v) is 13.6. The van der Waals surface area contributed by atoms with Crippen molar-refractivity contribution in [2.24, 2.45) is 22.7 Å². The number of ketones is 2. The minimum atomic E-state index is -1.87. The van der Waals surface area contributed by atoms with Crippen LogP contribution >= 0.6 is 23.5 Å². The molecule has 3 fully saturated rings. The molecule has 4 nitrogen and oxygen atoms in total. The molecule has 0 aromatic heterocycles. The largest absolute Gasteiger partial charge is 0.459 e. The van der Waals surface area contributed by atoms with Crippen molar-refractivity contribution < 1.29 is 23.5 Å². The fourth-order valence-electron chi connectivity index (χ4n) is 7.20. The van der Waals surface area contributed by atoms with Crippen LogP contribution in [0.1, 0.15) is 60.3 Å². The highest BCUT2D eigenvalue weighted by molar-refractivity contribution is 8.19. The van der Waals surface area contributed by atoms with Crippen molar-refractivity contribution in [2.45, 2.75) is 76.2 Å². The third-order valence-corrected chi connectivity index (χ3v) is 12.0. The van der Waals surface area contributed by atoms with E-state index in [1.54, 1.807) is 35.7 Å². The SMILES string of the molecule is CCSC1(SCC)C(=O)C[C@H]2[C@@H]3CCC4=CC(=O)C=C[C@]4(C)[C@@]3(F)[C@@H](OC(C)=O)C[C@@]21C. The number of allylic oxidation sites excluding steroid dienone is 4. The molecule has 0 radical (unpaired) electrons. The van der Waals surface area contributed by atoms with E-state index in [1.165, 1.54) is 13.0 Å². The predicted octanol–water partition coefficient (Wildman–Crippen LogP) is 5.31. The number of carbonyl (C=O) groups is 3. The second-order valence-electron chi connectivity index (χ2n) is 9.96. The first-order chi connectivity index (χ1) is 15.0. The van der Waals surface area contributed by atoms with Gasteiger partial charge in [0, 0.05) is 30.1 Å². The summed E-state index contributed by atoms with van der Waals surface area (Å²) in [6, 6.07) is 0. The Morgan fingerprint density at radius 2 is 1.84 bits per heavy atom. The molecule has 32 heavy (non-hydrogen) atoms. The molecule has 4 aliphatic carbocycles. The van der Waals surface area contributed by atoms with Crippen LogP contribution in [0.3, 0.4) is 0 Å². The molecule has 7 heteroatoms. The van der Waals surface area contributed by atoms with Crippen molar-refractivity contribution in [3.05, 3.63) is 23.8 Å². The standard InChI is InChI=1S/C25H33FO4S2/c1-6-31-25(32-7-2)20(29)13-19-18-9-8-16-12-17(28)10-11-22(16,4)24(18,26)21(30-15(3)27)14-23(19,25)5/h10-12,18-19,21H,6-9,13-14H2,1-5H3/t18-,19-,21-,22-,23-,24-/m0/s1. The second-order valence-corrected chi connectivity index (χ2v) is 13.2. The molecule has 0 unspecified atom stereocenters. The van der Waals surface area contributed by atoms with E-state index in [1.807, 2.05) is 6.92 Å². The van der Waals surface area contributed by atoms with Gasteiger partial charge in [-0.05, 0) is 55.8 Å². The molecule has 0 N–H and O–H groups in total. The average molecular weight is 481 g/mol. The van der Waals surface area contributed by atoms with Crippen LogP contribution in [0.2, 0.25) is 0 Å². The zero-order valence-corrected chi connectivity index (χ0v) is 21.2. The maximum Gasteiger partial charge on any atom is 0.303 e. The van der Waals surface area contributed by atoms with Gasteiger partial charge in [-0.15, -0.1) is 23.5 Å². The summed E-state index contributed by atoms with van der Waals surface area (Å²) < 4.78 is 22.8. The molecule has 0 aromatic carbocycles. The highest BCUT2D eigenvalue weighted by Crippen LogP contribution is 2.73. The quantitative estimate of drug-likeness (QED) is 0.393. The van der Waals surface area contributed by atoms with Crippen molar-refractivity contribution in [1.82, 2.24) is 0 Å². The van der Waals surface area contributed by atoms with E-state index in [-0.39, 0.29) is 17.5 Å². The molecule has 0 saturated heterocycles. The zero-order valence-electron chi connectivity index (χ0n) is 19.5. The minimum absolute atomic E-state index is 0.127. The van der Waals surface area contributed by atoms with Gasteiger partial charge < -0.3 is 4.74 Å². The van der Waals surface area contributed by atoms with Crippen LogP contribution in [0.25, 0.3) is 0 Å². The second kappa shape index (κ2) is 8.00. The number of fused-ring (bicyclic) bond motifs is 5. The number of ether oxygens (including phenoxy) is 1. The van der Waals surface area contributed by atoms with E-state index in [9.17, 15) is 14.4 Å². The van der Waals surface area contributed by atoms with E-state index in [2.05, 4.69) is 20.8 Å². The highest BCUT2D eigenvalue weighted by atomic mass is 32.2. The van der Waals surface area contributed by atoms with Crippen molar-refractivity contribution in [2.75, 3.05) is 11.5 Å². The van der Waals surface area contributed by atoms with E-state index in [0.29, 0.717) is 25.7 Å². The maximum absolute atomic E-state index is 17.6. The smallest absolute Gasteiger partial charge is 0.303 e. The molecule has 0 heterocycles. The van der Waals surface area contributed by atoms with Crippen LogP contribution in [-0.2, 0) is 19.1 Å². The predicted molar refractivity (Wildman–Crippen MR) is 127 cm³/mol. The van der Waals surface area contributed by atoms with Gasteiger partial charge in [0.25, 0.3) is 0 Å². The third kappa shape index (κ3) is 2.98. The number of Topliss-reactive ketones (excluding diaryl/α,β-unsaturated/α-hetero) is 1. The lowest BCUT2D eigenvalue weighted by Gasteiger charge is -2.63. The van der Waals surface area contributed by atoms with E-state index < -0.39 is 38.6 Å². The zero-order chi connectivity index (χ0) is 23.5. The molecule has 176 valence electrons. The summed E-state index contributed by atoms with van der Waals surface area (Å²) >= 11 is 3.33. The van der Waals surface area contributed by atoms with Crippen LogP contribution in [0.5, 0.6) is 0 Å². The van der Waals surface area contributed by atoms with Crippen LogP contribution in [0.15, 0.2) is 23.8 Å². The number of thioether (sulfide) groups is 2. The molecule has 0 aliphatic heterocycles. The van der Waals surface area contributed by atoms with Crippen LogP contribution in [0.4, 0.5) is 4.39 Å². The lowest BCUT2D eigenvalue weighted by molar-refractivity contribution is -0.209. The van der Waals surface area contributed by atoms with Crippen molar-refractivity contribution in [1.29, 1.82) is 0 Å². The van der Waals surface area contributed by atoms with E-state index >= 15 is 4.39 Å². The number of hydrogen-bond donors (Lipinski definition) is 0. The van der Waals surface area contributed by atoms with Crippen molar-refractivity contribution >= 4 is 41.1 Å². The fourth-order valence-corrected chi connectivity index (χ4v) is 10.7. The highest BCUT2D eigenvalue weighted by Gasteiger charge is 2.76. The topological polar surface area (TPSA) is 60.4 Å². The summed E-state index contributed by atoms with van der Waals surface area (Å²) in [6.07, 6.45) is 5.53. The normalized spacial score (nSPS) is 42.1. The molecule has 4 rings (SSSR count). The Hall–Kier alpha value is -1.08. The minimum Gasteiger partial charge on any atom is -0.459 e. The van der Waals surface area contributed by atoms with Crippen LogP contribution in [0, 0.1) is 22.7 Å². The molecule has 3 saturated carbocycles. The summed E-state index contributed by atoms with van der Waals surface area (Å²) in [5.41, 5.74) is -2.62. The number of rotatable bonds is 5. The van der Waals surface area contributed by atoms with Crippen molar-refractivity contribution in [3.8, 4) is 0 Å². The first kappa shape index (κ1) is 24.1. The monoisotopic (exact) mass is 480 g/mol. The number of halogens is 1. The van der Waals surface area contributed by atoms with Gasteiger partial charge in [0.2, 0.25) is 0 Å². The van der Waals surface area contributed by atoms with E-state index in [0.717, 1.165) is 17.1 Å². The Morgan fingerprint density at radius 1 is 1.19 bits per heavy atom. The van der Waals surface area contributed by atoms with E-state index in [4.69, 9.17) is 4.74 Å². The van der Waals surface area contributed by atoms with Crippen molar-refractivity contribution in [3.63, 3.8) is 0 Å². The molecular formula is C25H33FO4S2. The van der Waals surface area contributed by atoms with Gasteiger partial charge in [-0.3, -0.25) is 14.4 Å². The summed E-state index contributed by atoms with van der Waals surface area (Å²) in [4.78, 5) is 37.9. The Kier molecular flexibility index (Phi) is 6.02. The summed E-state index contributed by atoms with van der Waals surface area (Å²) in [5, 5.41) is 0. The van der Waals surface area contributed by atoms with Gasteiger partial charge in [0.05, 0.1) is 0 Å². The van der Waals surface area contributed by atoms with Gasteiger partial charge >= 0.3 is 5.97 Å². The summed E-state index contributed by atoms with van der Waals surface area (Å²) in [6.45, 7) is 9.39. The Bertz CT molecular complexity index is 908. The maximum atomic E-state index is 17.6. The number of alkyl halides is 1. The summed E-state index contributed by atoms with van der Waals surface area (Å²) in [7, 11) is 0. The van der Waals surface area contributed by atoms with Crippen LogP contribution in [-0.4, -0.2) is 44.9 Å². The molecular weight excluding hydrogens is 447 g/mol. The fraction of sp³-hybridized carbons (Fsp3) is 0.720. The Morgan fingerprint density at radius 3 is 2.44 bits per heavy atom. The molecule has 0 aromatic rings. The molecule has 0 amide bonds. The summed E-state index contributed by atoms with van der Waals surface area (Å²) in [5.74, 6) is 0.582. The first-order valence-electron chi connectivity index (χ1n) is 11.6. The lowest BCUT2D eigenvalue weighted by Crippen LogP contribution is -2.68. The van der Waals surface area contributed by atoms with Gasteiger partial charge in [-0.25, -0.2) is 4.39 Å². The Balaban J connectivity index is 1.89. The lowest BCUT2D eigenvalue weighted by atomic mass is 9.46. The molecule has 4 aliphatic rings. The Labute approximate surface area is 198 Å². The number of carbonyl (C=O) groups excluding carboxylic acids is 3. The number of esters is 1. The molecule has 6 atom stereocenters. The molecule has 0 spiro atoms. The third-order valence-electron chi connectivity index (χ3n) is 8.53. The number of hydrogen-bond acceptors (Lipinski definition) is 6. The van der Waals surface area contributed by atoms with Gasteiger partial charge in [-0.1, -0.05) is 32.4 Å². The average Bonchev–Trinajstić information content (AvgIpc) is 2.91. The van der Waals surface area contributed by atoms with Crippen LogP contribution < -0.4 is 0 Å². The van der Waals surface area contributed by atoms with Gasteiger partial charge in [-0.2, -0.15) is 0 Å².